The van der Waals surface area contributed by atoms with E-state index in [4.69, 9.17) is 9.63 Å². The Balaban J connectivity index is 1.72. The van der Waals surface area contributed by atoms with Gasteiger partial charge in [0.1, 0.15) is 5.69 Å². The molecule has 120 valence electrons. The van der Waals surface area contributed by atoms with E-state index < -0.39 is 5.97 Å². The molecule has 23 heavy (non-hydrogen) atoms. The van der Waals surface area contributed by atoms with Gasteiger partial charge in [0.2, 0.25) is 5.89 Å². The Morgan fingerprint density at radius 3 is 2.83 bits per heavy atom. The van der Waals surface area contributed by atoms with E-state index >= 15 is 0 Å². The maximum atomic E-state index is 12.5. The second-order valence-corrected chi connectivity index (χ2v) is 5.51. The topological polar surface area (TPSA) is 109 Å². The zero-order valence-electron chi connectivity index (χ0n) is 12.6. The molecule has 1 aliphatic rings. The van der Waals surface area contributed by atoms with E-state index in [1.807, 2.05) is 0 Å². The summed E-state index contributed by atoms with van der Waals surface area (Å²) in [6.07, 6.45) is 3.03. The van der Waals surface area contributed by atoms with Crippen molar-refractivity contribution in [3.8, 4) is 0 Å². The van der Waals surface area contributed by atoms with Crippen molar-refractivity contribution >= 4 is 11.9 Å². The Labute approximate surface area is 132 Å². The van der Waals surface area contributed by atoms with Gasteiger partial charge in [-0.1, -0.05) is 5.16 Å². The van der Waals surface area contributed by atoms with Crippen LogP contribution in [-0.2, 0) is 0 Å². The van der Waals surface area contributed by atoms with Crippen LogP contribution in [0, 0.1) is 6.92 Å². The molecule has 1 saturated heterocycles. The fourth-order valence-corrected chi connectivity index (χ4v) is 2.67. The summed E-state index contributed by atoms with van der Waals surface area (Å²) in [5.41, 5.74) is 0.289. The largest absolute Gasteiger partial charge is 0.477 e. The van der Waals surface area contributed by atoms with Crippen molar-refractivity contribution in [1.82, 2.24) is 20.0 Å². The summed E-state index contributed by atoms with van der Waals surface area (Å²) in [5.74, 6) is -0.124. The summed E-state index contributed by atoms with van der Waals surface area (Å²) in [7, 11) is 0. The molecule has 2 aromatic heterocycles. The minimum absolute atomic E-state index is 0.0279. The quantitative estimate of drug-likeness (QED) is 0.913. The van der Waals surface area contributed by atoms with Gasteiger partial charge in [0.05, 0.1) is 11.5 Å². The van der Waals surface area contributed by atoms with Crippen LogP contribution in [0.2, 0.25) is 0 Å². The Morgan fingerprint density at radius 2 is 2.22 bits per heavy atom. The SMILES string of the molecule is Cc1noc([C@H]2CCCN(C(=O)c3ccc(C(=O)O)nc3)C2)n1. The van der Waals surface area contributed by atoms with Crippen molar-refractivity contribution in [2.24, 2.45) is 0 Å². The summed E-state index contributed by atoms with van der Waals surface area (Å²) in [5, 5.41) is 12.6. The third-order valence-electron chi connectivity index (χ3n) is 3.83. The molecule has 1 N–H and O–H groups in total. The number of amides is 1. The lowest BCUT2D eigenvalue weighted by molar-refractivity contribution is 0.0677. The van der Waals surface area contributed by atoms with Gasteiger partial charge in [0.15, 0.2) is 5.82 Å². The van der Waals surface area contributed by atoms with E-state index in [0.717, 1.165) is 12.8 Å². The summed E-state index contributed by atoms with van der Waals surface area (Å²) in [6, 6.07) is 2.82. The van der Waals surface area contributed by atoms with Crippen LogP contribution in [0.5, 0.6) is 0 Å². The Hall–Kier alpha value is -2.77. The normalized spacial score (nSPS) is 18.0. The smallest absolute Gasteiger partial charge is 0.354 e. The first-order valence-corrected chi connectivity index (χ1v) is 7.33. The summed E-state index contributed by atoms with van der Waals surface area (Å²) in [6.45, 7) is 2.90. The number of piperidine rings is 1. The molecule has 1 atom stereocenters. The molecule has 0 bridgehead atoms. The van der Waals surface area contributed by atoms with Gasteiger partial charge in [-0.25, -0.2) is 9.78 Å². The standard InChI is InChI=1S/C15H16N4O4/c1-9-17-13(23-18-9)11-3-2-6-19(8-11)14(20)10-4-5-12(15(21)22)16-7-10/h4-5,7,11H,2-3,6,8H2,1H3,(H,21,22)/t11-/m0/s1. The van der Waals surface area contributed by atoms with Crippen LogP contribution < -0.4 is 0 Å². The third-order valence-corrected chi connectivity index (χ3v) is 3.83. The second-order valence-electron chi connectivity index (χ2n) is 5.51. The zero-order chi connectivity index (χ0) is 16.4. The first-order valence-electron chi connectivity index (χ1n) is 7.33. The van der Waals surface area contributed by atoms with Gasteiger partial charge in [-0.15, -0.1) is 0 Å². The molecule has 3 heterocycles. The molecule has 0 radical (unpaired) electrons. The first-order chi connectivity index (χ1) is 11.0. The lowest BCUT2D eigenvalue weighted by Gasteiger charge is -2.31. The minimum Gasteiger partial charge on any atom is -0.477 e. The van der Waals surface area contributed by atoms with Gasteiger partial charge in [-0.2, -0.15) is 4.98 Å². The number of nitrogens with zero attached hydrogens (tertiary/aromatic N) is 4. The Morgan fingerprint density at radius 1 is 1.39 bits per heavy atom. The molecule has 8 heteroatoms. The molecule has 0 aromatic carbocycles. The van der Waals surface area contributed by atoms with E-state index in [1.54, 1.807) is 11.8 Å². The van der Waals surface area contributed by atoms with Crippen molar-refractivity contribution in [3.05, 3.63) is 41.3 Å². The highest BCUT2D eigenvalue weighted by Gasteiger charge is 2.29. The molecule has 1 fully saturated rings. The van der Waals surface area contributed by atoms with Crippen LogP contribution in [0.15, 0.2) is 22.9 Å². The minimum atomic E-state index is -1.12. The number of rotatable bonds is 3. The average molecular weight is 316 g/mol. The third kappa shape index (κ3) is 3.20. The van der Waals surface area contributed by atoms with Crippen LogP contribution in [0.4, 0.5) is 0 Å². The highest BCUT2D eigenvalue weighted by molar-refractivity contribution is 5.95. The molecule has 0 unspecified atom stereocenters. The number of hydrogen-bond acceptors (Lipinski definition) is 6. The maximum Gasteiger partial charge on any atom is 0.354 e. The average Bonchev–Trinajstić information content (AvgIpc) is 3.01. The first kappa shape index (κ1) is 15.1. The van der Waals surface area contributed by atoms with Crippen LogP contribution in [-0.4, -0.2) is 50.1 Å². The Kier molecular flexibility index (Phi) is 4.05. The number of carboxylic acids is 1. The number of carbonyl (C=O) groups excluding carboxylic acids is 1. The maximum absolute atomic E-state index is 12.5. The number of aryl methyl sites for hydroxylation is 1. The number of hydrogen-bond donors (Lipinski definition) is 1. The van der Waals surface area contributed by atoms with Gasteiger partial charge < -0.3 is 14.5 Å². The lowest BCUT2D eigenvalue weighted by atomic mass is 9.97. The van der Waals surface area contributed by atoms with Gasteiger partial charge in [0, 0.05) is 19.3 Å². The Bertz CT molecular complexity index is 725. The number of carbonyl (C=O) groups is 2. The van der Waals surface area contributed by atoms with Gasteiger partial charge in [0.25, 0.3) is 5.91 Å². The monoisotopic (exact) mass is 316 g/mol. The highest BCUT2D eigenvalue weighted by atomic mass is 16.5. The van der Waals surface area contributed by atoms with Crippen LogP contribution in [0.1, 0.15) is 51.3 Å². The van der Waals surface area contributed by atoms with Crippen molar-refractivity contribution in [2.45, 2.75) is 25.7 Å². The van der Waals surface area contributed by atoms with Crippen molar-refractivity contribution in [3.63, 3.8) is 0 Å². The summed E-state index contributed by atoms with van der Waals surface area (Å²) >= 11 is 0. The van der Waals surface area contributed by atoms with Crippen LogP contribution in [0.3, 0.4) is 0 Å². The van der Waals surface area contributed by atoms with Gasteiger partial charge >= 0.3 is 5.97 Å². The molecule has 8 nitrogen and oxygen atoms in total. The molecule has 1 amide bonds. The zero-order valence-corrected chi connectivity index (χ0v) is 12.6. The summed E-state index contributed by atoms with van der Waals surface area (Å²) in [4.78, 5) is 33.1. The number of likely N-dealkylation sites (tertiary alicyclic amines) is 1. The molecule has 2 aromatic rings. The fraction of sp³-hybridized carbons (Fsp3) is 0.400. The number of aromatic nitrogens is 3. The second kappa shape index (κ2) is 6.15. The lowest BCUT2D eigenvalue weighted by Crippen LogP contribution is -2.39. The molecule has 0 saturated carbocycles. The molecule has 3 rings (SSSR count). The van der Waals surface area contributed by atoms with Gasteiger partial charge in [-0.3, -0.25) is 4.79 Å². The molecule has 0 aliphatic carbocycles. The predicted octanol–water partition coefficient (Wildman–Crippen LogP) is 1.49. The van der Waals surface area contributed by atoms with E-state index in [1.165, 1.54) is 18.3 Å². The summed E-state index contributed by atoms with van der Waals surface area (Å²) < 4.78 is 5.20. The van der Waals surface area contributed by atoms with E-state index in [0.29, 0.717) is 30.4 Å². The highest BCUT2D eigenvalue weighted by Crippen LogP contribution is 2.26. The van der Waals surface area contributed by atoms with Gasteiger partial charge in [-0.05, 0) is 31.9 Å². The van der Waals surface area contributed by atoms with E-state index in [2.05, 4.69) is 15.1 Å². The fourth-order valence-electron chi connectivity index (χ4n) is 2.67. The van der Waals surface area contributed by atoms with Crippen molar-refractivity contribution in [1.29, 1.82) is 0 Å². The molecular formula is C15H16N4O4. The van der Waals surface area contributed by atoms with Crippen molar-refractivity contribution in [2.75, 3.05) is 13.1 Å². The van der Waals surface area contributed by atoms with E-state index in [-0.39, 0.29) is 17.5 Å². The van der Waals surface area contributed by atoms with Crippen molar-refractivity contribution < 1.29 is 19.2 Å². The number of pyridine rings is 1. The predicted molar refractivity (Wildman–Crippen MR) is 78.1 cm³/mol. The molecular weight excluding hydrogens is 300 g/mol. The van der Waals surface area contributed by atoms with Crippen LogP contribution in [0.25, 0.3) is 0 Å². The molecule has 1 aliphatic heterocycles. The van der Waals surface area contributed by atoms with E-state index in [9.17, 15) is 9.59 Å². The number of carboxylic acid groups (broad SMARTS) is 1. The van der Waals surface area contributed by atoms with Crippen LogP contribution >= 0.6 is 0 Å². The number of aromatic carboxylic acids is 1. The molecule has 0 spiro atoms.